The molecule has 1 aliphatic carbocycles. The van der Waals surface area contributed by atoms with Gasteiger partial charge in [-0.05, 0) is 52.5 Å². The average Bonchev–Trinajstić information content (AvgIpc) is 2.35. The quantitative estimate of drug-likeness (QED) is 0.540. The second-order valence-corrected chi connectivity index (χ2v) is 5.26. The number of hydrogen-bond donors (Lipinski definition) is 2. The van der Waals surface area contributed by atoms with Crippen LogP contribution in [0, 0.1) is 5.92 Å². The zero-order chi connectivity index (χ0) is 13.4. The lowest BCUT2D eigenvalue weighted by Crippen LogP contribution is -2.37. The van der Waals surface area contributed by atoms with Gasteiger partial charge in [-0.1, -0.05) is 6.42 Å². The van der Waals surface area contributed by atoms with Crippen LogP contribution in [0.2, 0.25) is 0 Å². The third-order valence-corrected chi connectivity index (χ3v) is 3.53. The predicted octanol–water partition coefficient (Wildman–Crippen LogP) is 1.86. The highest BCUT2D eigenvalue weighted by Crippen LogP contribution is 2.25. The molecule has 1 saturated carbocycles. The van der Waals surface area contributed by atoms with Crippen molar-refractivity contribution < 1.29 is 14.6 Å². The van der Waals surface area contributed by atoms with Crippen LogP contribution in [0.25, 0.3) is 0 Å². The van der Waals surface area contributed by atoms with E-state index >= 15 is 0 Å². The first-order chi connectivity index (χ1) is 8.63. The Hall–Kier alpha value is -0.610. The van der Waals surface area contributed by atoms with E-state index in [1.165, 1.54) is 0 Å². The minimum absolute atomic E-state index is 0.0343. The molecule has 2 N–H and O–H groups in total. The zero-order valence-corrected chi connectivity index (χ0v) is 11.7. The van der Waals surface area contributed by atoms with E-state index in [-0.39, 0.29) is 18.0 Å². The summed E-state index contributed by atoms with van der Waals surface area (Å²) < 4.78 is 5.09. The summed E-state index contributed by atoms with van der Waals surface area (Å²) in [5.41, 5.74) is 0. The highest BCUT2D eigenvalue weighted by molar-refractivity contribution is 5.72. The van der Waals surface area contributed by atoms with Crippen molar-refractivity contribution >= 4 is 5.97 Å². The van der Waals surface area contributed by atoms with Gasteiger partial charge in [-0.15, -0.1) is 0 Å². The van der Waals surface area contributed by atoms with Crippen molar-refractivity contribution in [3.63, 3.8) is 0 Å². The van der Waals surface area contributed by atoms with E-state index in [2.05, 4.69) is 5.32 Å². The Morgan fingerprint density at radius 3 is 2.94 bits per heavy atom. The fourth-order valence-electron chi connectivity index (χ4n) is 2.55. The molecular formula is C14H27NO3. The number of nitrogens with one attached hydrogen (secondary N) is 1. The summed E-state index contributed by atoms with van der Waals surface area (Å²) in [7, 11) is 0. The number of carbonyl (C=O) groups is 1. The summed E-state index contributed by atoms with van der Waals surface area (Å²) in [4.78, 5) is 11.7. The first-order valence-electron chi connectivity index (χ1n) is 7.21. The van der Waals surface area contributed by atoms with Crippen molar-refractivity contribution in [2.45, 2.75) is 64.5 Å². The van der Waals surface area contributed by atoms with Gasteiger partial charge in [-0.2, -0.15) is 0 Å². The van der Waals surface area contributed by atoms with E-state index < -0.39 is 0 Å². The van der Waals surface area contributed by atoms with Crippen LogP contribution in [0.4, 0.5) is 0 Å². The first-order valence-corrected chi connectivity index (χ1v) is 7.21. The molecule has 0 heterocycles. The maximum absolute atomic E-state index is 11.7. The molecule has 1 fully saturated rings. The van der Waals surface area contributed by atoms with Gasteiger partial charge in [0.05, 0.1) is 18.6 Å². The molecule has 1 aliphatic rings. The predicted molar refractivity (Wildman–Crippen MR) is 71.3 cm³/mol. The molecule has 3 atom stereocenters. The smallest absolute Gasteiger partial charge is 0.308 e. The summed E-state index contributed by atoms with van der Waals surface area (Å²) in [6.07, 6.45) is 5.70. The van der Waals surface area contributed by atoms with Crippen LogP contribution in [0.1, 0.15) is 52.4 Å². The summed E-state index contributed by atoms with van der Waals surface area (Å²) in [5.74, 6) is 0.0425. The van der Waals surface area contributed by atoms with Crippen molar-refractivity contribution in [1.82, 2.24) is 5.32 Å². The fourth-order valence-corrected chi connectivity index (χ4v) is 2.55. The lowest BCUT2D eigenvalue weighted by molar-refractivity contribution is -0.149. The topological polar surface area (TPSA) is 58.6 Å². The number of carbonyl (C=O) groups excluding carboxylic acids is 1. The third-order valence-electron chi connectivity index (χ3n) is 3.53. The Labute approximate surface area is 110 Å². The van der Waals surface area contributed by atoms with Crippen LogP contribution in [-0.4, -0.2) is 36.4 Å². The second-order valence-electron chi connectivity index (χ2n) is 5.26. The van der Waals surface area contributed by atoms with Crippen LogP contribution in [0.5, 0.6) is 0 Å². The van der Waals surface area contributed by atoms with E-state index in [0.717, 1.165) is 45.1 Å². The van der Waals surface area contributed by atoms with Gasteiger partial charge in [0, 0.05) is 6.04 Å². The van der Waals surface area contributed by atoms with Crippen LogP contribution < -0.4 is 5.32 Å². The van der Waals surface area contributed by atoms with Gasteiger partial charge in [0.25, 0.3) is 0 Å². The molecule has 0 spiro atoms. The number of ether oxygens (including phenoxy) is 1. The van der Waals surface area contributed by atoms with Crippen LogP contribution in [-0.2, 0) is 9.53 Å². The van der Waals surface area contributed by atoms with Gasteiger partial charge in [0.15, 0.2) is 0 Å². The lowest BCUT2D eigenvalue weighted by Gasteiger charge is -2.28. The van der Waals surface area contributed by atoms with E-state index in [9.17, 15) is 9.90 Å². The zero-order valence-electron chi connectivity index (χ0n) is 11.7. The molecule has 3 unspecified atom stereocenters. The number of aliphatic hydroxyl groups excluding tert-OH is 1. The largest absolute Gasteiger partial charge is 0.466 e. The molecule has 4 nitrogen and oxygen atoms in total. The van der Waals surface area contributed by atoms with Crippen molar-refractivity contribution in [1.29, 1.82) is 0 Å². The van der Waals surface area contributed by atoms with Gasteiger partial charge in [0.1, 0.15) is 0 Å². The standard InChI is InChI=1S/C14H27NO3/c1-3-18-14(17)12-7-4-8-13(10-12)15-9-5-6-11(2)16/h11-13,15-16H,3-10H2,1-2H3. The Balaban J connectivity index is 2.20. The molecule has 18 heavy (non-hydrogen) atoms. The van der Waals surface area contributed by atoms with Crippen molar-refractivity contribution in [2.75, 3.05) is 13.2 Å². The molecule has 0 aromatic heterocycles. The first kappa shape index (κ1) is 15.4. The number of hydrogen-bond acceptors (Lipinski definition) is 4. The monoisotopic (exact) mass is 257 g/mol. The lowest BCUT2D eigenvalue weighted by atomic mass is 9.85. The normalized spacial score (nSPS) is 25.7. The number of aliphatic hydroxyl groups is 1. The summed E-state index contributed by atoms with van der Waals surface area (Å²) in [6.45, 7) is 5.07. The second kappa shape index (κ2) is 8.48. The van der Waals surface area contributed by atoms with Gasteiger partial charge < -0.3 is 15.2 Å². The maximum atomic E-state index is 11.7. The summed E-state index contributed by atoms with van der Waals surface area (Å²) in [6, 6.07) is 0.433. The fraction of sp³-hybridized carbons (Fsp3) is 0.929. The highest BCUT2D eigenvalue weighted by Gasteiger charge is 2.27. The van der Waals surface area contributed by atoms with Gasteiger partial charge in [-0.25, -0.2) is 0 Å². The molecule has 0 saturated heterocycles. The molecule has 0 radical (unpaired) electrons. The van der Waals surface area contributed by atoms with E-state index in [1.54, 1.807) is 0 Å². The Morgan fingerprint density at radius 1 is 1.50 bits per heavy atom. The van der Waals surface area contributed by atoms with E-state index in [4.69, 9.17) is 4.74 Å². The van der Waals surface area contributed by atoms with Crippen molar-refractivity contribution in [3.8, 4) is 0 Å². The van der Waals surface area contributed by atoms with Gasteiger partial charge in [-0.3, -0.25) is 4.79 Å². The van der Waals surface area contributed by atoms with Crippen LogP contribution >= 0.6 is 0 Å². The van der Waals surface area contributed by atoms with Crippen LogP contribution in [0.3, 0.4) is 0 Å². The molecule has 1 rings (SSSR count). The summed E-state index contributed by atoms with van der Waals surface area (Å²) >= 11 is 0. The molecule has 0 bridgehead atoms. The maximum Gasteiger partial charge on any atom is 0.308 e. The highest BCUT2D eigenvalue weighted by atomic mass is 16.5. The minimum Gasteiger partial charge on any atom is -0.466 e. The molecule has 0 aromatic rings. The third kappa shape index (κ3) is 5.83. The molecule has 0 aliphatic heterocycles. The number of esters is 1. The Bertz CT molecular complexity index is 243. The molecule has 4 heteroatoms. The van der Waals surface area contributed by atoms with Gasteiger partial charge >= 0.3 is 5.97 Å². The minimum atomic E-state index is -0.217. The van der Waals surface area contributed by atoms with E-state index in [1.807, 2.05) is 13.8 Å². The van der Waals surface area contributed by atoms with E-state index in [0.29, 0.717) is 12.6 Å². The van der Waals surface area contributed by atoms with Crippen molar-refractivity contribution in [2.24, 2.45) is 5.92 Å². The molecule has 106 valence electrons. The van der Waals surface area contributed by atoms with Crippen molar-refractivity contribution in [3.05, 3.63) is 0 Å². The van der Waals surface area contributed by atoms with Gasteiger partial charge in [0.2, 0.25) is 0 Å². The Kier molecular flexibility index (Phi) is 7.28. The SMILES string of the molecule is CCOC(=O)C1CCCC(NCCCC(C)O)C1. The Morgan fingerprint density at radius 2 is 2.28 bits per heavy atom. The molecule has 0 amide bonds. The average molecular weight is 257 g/mol. The molecular weight excluding hydrogens is 230 g/mol. The molecule has 0 aromatic carbocycles. The van der Waals surface area contributed by atoms with Crippen LogP contribution in [0.15, 0.2) is 0 Å². The number of rotatable bonds is 7. The summed E-state index contributed by atoms with van der Waals surface area (Å²) in [5, 5.41) is 12.7.